The number of rotatable bonds is 3. The molecule has 22 heavy (non-hydrogen) atoms. The van der Waals surface area contributed by atoms with Gasteiger partial charge in [0.2, 0.25) is 0 Å². The Hall–Kier alpha value is -1.37. The lowest BCUT2D eigenvalue weighted by atomic mass is 10.2. The van der Waals surface area contributed by atoms with Crippen LogP contribution in [0.5, 0.6) is 0 Å². The van der Waals surface area contributed by atoms with Crippen molar-refractivity contribution in [1.82, 2.24) is 4.98 Å². The number of thioether (sulfide) groups is 1. The molecule has 1 N–H and O–H groups in total. The van der Waals surface area contributed by atoms with Gasteiger partial charge in [0.15, 0.2) is 0 Å². The zero-order valence-electron chi connectivity index (χ0n) is 12.0. The van der Waals surface area contributed by atoms with Gasteiger partial charge in [0.1, 0.15) is 0 Å². The first-order chi connectivity index (χ1) is 10.6. The highest BCUT2D eigenvalue weighted by Gasteiger charge is 2.14. The molecule has 0 radical (unpaired) electrons. The zero-order chi connectivity index (χ0) is 15.7. The third kappa shape index (κ3) is 2.91. The lowest BCUT2D eigenvalue weighted by Gasteiger charge is -2.10. The van der Waals surface area contributed by atoms with Crippen molar-refractivity contribution in [1.29, 1.82) is 0 Å². The van der Waals surface area contributed by atoms with Crippen molar-refractivity contribution in [2.24, 2.45) is 0 Å². The lowest BCUT2D eigenvalue weighted by Crippen LogP contribution is -2.13. The van der Waals surface area contributed by atoms with E-state index < -0.39 is 0 Å². The third-order valence-corrected chi connectivity index (χ3v) is 6.09. The molecule has 1 heterocycles. The molecule has 1 aromatic heterocycles. The number of amides is 1. The Morgan fingerprint density at radius 3 is 2.82 bits per heavy atom. The summed E-state index contributed by atoms with van der Waals surface area (Å²) in [7, 11) is 0. The molecule has 0 unspecified atom stereocenters. The maximum absolute atomic E-state index is 12.5. The van der Waals surface area contributed by atoms with Gasteiger partial charge >= 0.3 is 0 Å². The molecule has 0 saturated heterocycles. The number of nitrogens with zero attached hydrogens (tertiary/aromatic N) is 1. The lowest BCUT2D eigenvalue weighted by molar-refractivity contribution is 0.102. The highest BCUT2D eigenvalue weighted by molar-refractivity contribution is 9.10. The van der Waals surface area contributed by atoms with Crippen LogP contribution >= 0.6 is 39.0 Å². The van der Waals surface area contributed by atoms with E-state index in [1.165, 1.54) is 0 Å². The summed E-state index contributed by atoms with van der Waals surface area (Å²) in [5, 5.41) is 3.99. The second-order valence-corrected chi connectivity index (χ2v) is 7.51. The summed E-state index contributed by atoms with van der Waals surface area (Å²) in [4.78, 5) is 17.9. The Labute approximate surface area is 145 Å². The van der Waals surface area contributed by atoms with Crippen LogP contribution in [0.1, 0.15) is 15.4 Å². The summed E-state index contributed by atoms with van der Waals surface area (Å²) in [6, 6.07) is 11.4. The van der Waals surface area contributed by atoms with Crippen LogP contribution in [-0.2, 0) is 0 Å². The Morgan fingerprint density at radius 1 is 1.27 bits per heavy atom. The van der Waals surface area contributed by atoms with E-state index in [9.17, 15) is 4.79 Å². The molecule has 0 aliphatic carbocycles. The van der Waals surface area contributed by atoms with E-state index in [0.29, 0.717) is 5.56 Å². The van der Waals surface area contributed by atoms with Gasteiger partial charge in [-0.2, -0.15) is 0 Å². The predicted molar refractivity (Wildman–Crippen MR) is 98.2 cm³/mol. The van der Waals surface area contributed by atoms with Crippen LogP contribution in [0.15, 0.2) is 45.8 Å². The van der Waals surface area contributed by atoms with Crippen LogP contribution in [-0.4, -0.2) is 17.1 Å². The van der Waals surface area contributed by atoms with E-state index in [0.717, 1.165) is 30.3 Å². The number of carbonyl (C=O) groups excluding carboxylic acids is 1. The molecule has 1 amide bonds. The summed E-state index contributed by atoms with van der Waals surface area (Å²) in [5.74, 6) is -0.105. The molecule has 2 aromatic carbocycles. The van der Waals surface area contributed by atoms with Gasteiger partial charge in [0, 0.05) is 4.90 Å². The summed E-state index contributed by atoms with van der Waals surface area (Å²) in [6.07, 6.45) is 1.97. The van der Waals surface area contributed by atoms with Gasteiger partial charge in [-0.1, -0.05) is 12.1 Å². The van der Waals surface area contributed by atoms with Crippen molar-refractivity contribution in [3.05, 3.63) is 51.4 Å². The molecular formula is C16H13BrN2OS2. The van der Waals surface area contributed by atoms with Crippen LogP contribution in [0, 0.1) is 6.92 Å². The number of nitrogens with one attached hydrogen (secondary N) is 1. The fourth-order valence-corrected chi connectivity index (χ4v) is 4.32. The smallest absolute Gasteiger partial charge is 0.256 e. The van der Waals surface area contributed by atoms with Crippen molar-refractivity contribution in [3.8, 4) is 0 Å². The molecule has 0 aliphatic rings. The van der Waals surface area contributed by atoms with Gasteiger partial charge < -0.3 is 5.32 Å². The van der Waals surface area contributed by atoms with E-state index in [2.05, 4.69) is 26.2 Å². The molecular weight excluding hydrogens is 380 g/mol. The minimum absolute atomic E-state index is 0.105. The number of benzene rings is 2. The Balaban J connectivity index is 1.96. The fourth-order valence-electron chi connectivity index (χ4n) is 2.19. The highest BCUT2D eigenvalue weighted by Crippen LogP contribution is 2.35. The number of aryl methyl sites for hydroxylation is 1. The van der Waals surface area contributed by atoms with Crippen LogP contribution in [0.2, 0.25) is 0 Å². The van der Waals surface area contributed by atoms with Gasteiger partial charge in [-0.25, -0.2) is 4.98 Å². The van der Waals surface area contributed by atoms with Crippen molar-refractivity contribution in [2.75, 3.05) is 11.6 Å². The average molecular weight is 393 g/mol. The summed E-state index contributed by atoms with van der Waals surface area (Å²) >= 11 is 6.76. The predicted octanol–water partition coefficient (Wildman–Crippen LogP) is 5.34. The van der Waals surface area contributed by atoms with Crippen molar-refractivity contribution in [3.63, 3.8) is 0 Å². The van der Waals surface area contributed by atoms with Crippen molar-refractivity contribution < 1.29 is 4.79 Å². The molecule has 0 bridgehead atoms. The number of hydrogen-bond donors (Lipinski definition) is 1. The first-order valence-corrected chi connectivity index (χ1v) is 9.43. The van der Waals surface area contributed by atoms with Gasteiger partial charge in [0.25, 0.3) is 5.91 Å². The topological polar surface area (TPSA) is 42.0 Å². The average Bonchev–Trinajstić information content (AvgIpc) is 2.91. The van der Waals surface area contributed by atoms with Crippen LogP contribution in [0.3, 0.4) is 0 Å². The maximum Gasteiger partial charge on any atom is 0.256 e. The van der Waals surface area contributed by atoms with Gasteiger partial charge in [0.05, 0.1) is 30.9 Å². The van der Waals surface area contributed by atoms with Crippen LogP contribution < -0.4 is 5.32 Å². The second-order valence-electron chi connectivity index (χ2n) is 4.66. The summed E-state index contributed by atoms with van der Waals surface area (Å²) in [5.41, 5.74) is 2.39. The second kappa shape index (κ2) is 6.40. The molecule has 112 valence electrons. The Kier molecular flexibility index (Phi) is 4.52. The number of fused-ring (bicyclic) bond motifs is 1. The quantitative estimate of drug-likeness (QED) is 0.611. The standard InChI is InChI=1S/C16H13BrN2OS2/c1-9-18-12-8-7-11(14(17)15(12)22-9)19-16(20)10-5-3-4-6-13(10)21-2/h3-8H,1-2H3,(H,19,20). The zero-order valence-corrected chi connectivity index (χ0v) is 15.2. The van der Waals surface area contributed by atoms with E-state index in [4.69, 9.17) is 0 Å². The minimum Gasteiger partial charge on any atom is -0.321 e. The van der Waals surface area contributed by atoms with Crippen LogP contribution in [0.25, 0.3) is 10.2 Å². The van der Waals surface area contributed by atoms with Gasteiger partial charge in [-0.3, -0.25) is 4.79 Å². The molecule has 0 fully saturated rings. The normalized spacial score (nSPS) is 10.9. The summed E-state index contributed by atoms with van der Waals surface area (Å²) in [6.45, 7) is 1.98. The molecule has 3 nitrogen and oxygen atoms in total. The van der Waals surface area contributed by atoms with Gasteiger partial charge in [-0.15, -0.1) is 23.1 Å². The minimum atomic E-state index is -0.105. The SMILES string of the molecule is CSc1ccccc1C(=O)Nc1ccc2nc(C)sc2c1Br. The third-order valence-electron chi connectivity index (χ3n) is 3.20. The van der Waals surface area contributed by atoms with E-state index in [1.807, 2.05) is 49.6 Å². The monoisotopic (exact) mass is 392 g/mol. The largest absolute Gasteiger partial charge is 0.321 e. The number of carbonyl (C=O) groups is 1. The maximum atomic E-state index is 12.5. The van der Waals surface area contributed by atoms with Crippen molar-refractivity contribution >= 4 is 60.8 Å². The molecule has 6 heteroatoms. The first kappa shape index (κ1) is 15.5. The number of halogens is 1. The molecule has 3 rings (SSSR count). The van der Waals surface area contributed by atoms with Crippen LogP contribution in [0.4, 0.5) is 5.69 Å². The molecule has 0 aliphatic heterocycles. The van der Waals surface area contributed by atoms with E-state index in [-0.39, 0.29) is 5.91 Å². The Bertz CT molecular complexity index is 860. The number of thiazole rings is 1. The van der Waals surface area contributed by atoms with E-state index >= 15 is 0 Å². The van der Waals surface area contributed by atoms with Crippen molar-refractivity contribution in [2.45, 2.75) is 11.8 Å². The number of anilines is 1. The number of hydrogen-bond acceptors (Lipinski definition) is 4. The van der Waals surface area contributed by atoms with Gasteiger partial charge in [-0.05, 0) is 53.4 Å². The fraction of sp³-hybridized carbons (Fsp3) is 0.125. The molecule has 0 spiro atoms. The first-order valence-electron chi connectivity index (χ1n) is 6.60. The Morgan fingerprint density at radius 2 is 2.05 bits per heavy atom. The summed E-state index contributed by atoms with van der Waals surface area (Å²) < 4.78 is 1.93. The number of aromatic nitrogens is 1. The molecule has 3 aromatic rings. The molecule has 0 atom stereocenters. The highest BCUT2D eigenvalue weighted by atomic mass is 79.9. The van der Waals surface area contributed by atoms with E-state index in [1.54, 1.807) is 23.1 Å². The molecule has 0 saturated carbocycles.